The van der Waals surface area contributed by atoms with E-state index in [1.165, 1.54) is 0 Å². The first-order valence-electron chi connectivity index (χ1n) is 8.66. The van der Waals surface area contributed by atoms with E-state index < -0.39 is 0 Å². The topological polar surface area (TPSA) is 32.8 Å². The van der Waals surface area contributed by atoms with Crippen molar-refractivity contribution >= 4 is 23.2 Å². The zero-order valence-electron chi connectivity index (χ0n) is 14.5. The third-order valence-electron chi connectivity index (χ3n) is 4.51. The van der Waals surface area contributed by atoms with Gasteiger partial charge in [0, 0.05) is 36.9 Å². The molecule has 0 spiro atoms. The minimum absolute atomic E-state index is 0.0386. The van der Waals surface area contributed by atoms with Crippen molar-refractivity contribution in [3.63, 3.8) is 0 Å². The number of ether oxygens (including phenoxy) is 1. The van der Waals surface area contributed by atoms with Crippen molar-refractivity contribution in [2.45, 2.75) is 13.3 Å². The highest BCUT2D eigenvalue weighted by atomic mass is 35.5. The summed E-state index contributed by atoms with van der Waals surface area (Å²) in [4.78, 5) is 16.6. The molecule has 1 heterocycles. The number of benzene rings is 2. The molecule has 0 aliphatic carbocycles. The molecule has 0 saturated carbocycles. The van der Waals surface area contributed by atoms with Gasteiger partial charge >= 0.3 is 0 Å². The molecule has 0 aromatic heterocycles. The van der Waals surface area contributed by atoms with Crippen LogP contribution < -0.4 is 9.64 Å². The standard InChI is InChI=1S/C20H23ClN2O2/c1-2-16-6-3-4-9-19(16)25-15-20(24)23-12-10-22(11-13-23)18-8-5-7-17(21)14-18/h3-9,14H,2,10-13,15H2,1H3. The maximum Gasteiger partial charge on any atom is 0.260 e. The largest absolute Gasteiger partial charge is 0.483 e. The number of halogens is 1. The second-order valence-corrected chi connectivity index (χ2v) is 6.53. The minimum Gasteiger partial charge on any atom is -0.483 e. The molecule has 1 amide bonds. The zero-order valence-corrected chi connectivity index (χ0v) is 15.2. The highest BCUT2D eigenvalue weighted by molar-refractivity contribution is 6.30. The van der Waals surface area contributed by atoms with Gasteiger partial charge in [-0.15, -0.1) is 0 Å². The Morgan fingerprint density at radius 2 is 1.84 bits per heavy atom. The van der Waals surface area contributed by atoms with Crippen LogP contribution >= 0.6 is 11.6 Å². The maximum atomic E-state index is 12.4. The minimum atomic E-state index is 0.0386. The Labute approximate surface area is 154 Å². The van der Waals surface area contributed by atoms with E-state index in [0.29, 0.717) is 13.1 Å². The van der Waals surface area contributed by atoms with Crippen LogP contribution in [0.25, 0.3) is 0 Å². The smallest absolute Gasteiger partial charge is 0.260 e. The first-order valence-corrected chi connectivity index (χ1v) is 9.04. The van der Waals surface area contributed by atoms with Gasteiger partial charge in [-0.2, -0.15) is 0 Å². The Morgan fingerprint density at radius 3 is 2.56 bits per heavy atom. The van der Waals surface area contributed by atoms with Crippen LogP contribution in [0.4, 0.5) is 5.69 Å². The van der Waals surface area contributed by atoms with Gasteiger partial charge in [-0.1, -0.05) is 42.8 Å². The molecule has 1 aliphatic heterocycles. The molecule has 2 aromatic rings. The summed E-state index contributed by atoms with van der Waals surface area (Å²) in [5, 5.41) is 0.735. The lowest BCUT2D eigenvalue weighted by Gasteiger charge is -2.36. The number of rotatable bonds is 5. The van der Waals surface area contributed by atoms with Crippen molar-refractivity contribution in [2.24, 2.45) is 0 Å². The maximum absolute atomic E-state index is 12.4. The second kappa shape index (κ2) is 8.26. The number of anilines is 1. The molecule has 25 heavy (non-hydrogen) atoms. The van der Waals surface area contributed by atoms with Gasteiger partial charge in [0.05, 0.1) is 0 Å². The van der Waals surface area contributed by atoms with Crippen LogP contribution in [-0.2, 0) is 11.2 Å². The van der Waals surface area contributed by atoms with E-state index >= 15 is 0 Å². The van der Waals surface area contributed by atoms with Crippen LogP contribution in [0.2, 0.25) is 5.02 Å². The van der Waals surface area contributed by atoms with Crippen molar-refractivity contribution in [2.75, 3.05) is 37.7 Å². The van der Waals surface area contributed by atoms with Gasteiger partial charge in [-0.3, -0.25) is 4.79 Å². The van der Waals surface area contributed by atoms with Crippen LogP contribution in [0.15, 0.2) is 48.5 Å². The molecule has 0 N–H and O–H groups in total. The van der Waals surface area contributed by atoms with Crippen LogP contribution in [-0.4, -0.2) is 43.6 Å². The van der Waals surface area contributed by atoms with Gasteiger partial charge in [-0.05, 0) is 36.2 Å². The number of para-hydroxylation sites is 1. The molecule has 2 aromatic carbocycles. The van der Waals surface area contributed by atoms with Crippen molar-refractivity contribution in [1.29, 1.82) is 0 Å². The highest BCUT2D eigenvalue weighted by Crippen LogP contribution is 2.21. The van der Waals surface area contributed by atoms with Crippen molar-refractivity contribution in [3.05, 3.63) is 59.1 Å². The first kappa shape index (κ1) is 17.6. The lowest BCUT2D eigenvalue weighted by Crippen LogP contribution is -2.50. The van der Waals surface area contributed by atoms with Crippen molar-refractivity contribution in [3.8, 4) is 5.75 Å². The molecule has 3 rings (SSSR count). The summed E-state index contributed by atoms with van der Waals surface area (Å²) in [6.07, 6.45) is 0.892. The number of aryl methyl sites for hydroxylation is 1. The number of hydrogen-bond acceptors (Lipinski definition) is 3. The normalized spacial score (nSPS) is 14.5. The van der Waals surface area contributed by atoms with Crippen molar-refractivity contribution < 1.29 is 9.53 Å². The second-order valence-electron chi connectivity index (χ2n) is 6.10. The van der Waals surface area contributed by atoms with E-state index in [1.54, 1.807) is 0 Å². The van der Waals surface area contributed by atoms with E-state index in [2.05, 4.69) is 11.8 Å². The summed E-state index contributed by atoms with van der Waals surface area (Å²) >= 11 is 6.06. The molecular formula is C20H23ClN2O2. The van der Waals surface area contributed by atoms with Crippen LogP contribution in [0.3, 0.4) is 0 Å². The van der Waals surface area contributed by atoms with E-state index in [4.69, 9.17) is 16.3 Å². The Kier molecular flexibility index (Phi) is 5.82. The molecule has 1 fully saturated rings. The third kappa shape index (κ3) is 4.45. The van der Waals surface area contributed by atoms with E-state index in [-0.39, 0.29) is 12.5 Å². The molecule has 1 saturated heterocycles. The number of amides is 1. The van der Waals surface area contributed by atoms with Gasteiger partial charge < -0.3 is 14.5 Å². The SMILES string of the molecule is CCc1ccccc1OCC(=O)N1CCN(c2cccc(Cl)c2)CC1. The van der Waals surface area contributed by atoms with Crippen molar-refractivity contribution in [1.82, 2.24) is 4.90 Å². The van der Waals surface area contributed by atoms with Gasteiger partial charge in [0.2, 0.25) is 0 Å². The summed E-state index contributed by atoms with van der Waals surface area (Å²) in [5.41, 5.74) is 2.23. The van der Waals surface area contributed by atoms with Gasteiger partial charge in [0.25, 0.3) is 5.91 Å². The Balaban J connectivity index is 1.51. The van der Waals surface area contributed by atoms with E-state index in [1.807, 2.05) is 53.4 Å². The van der Waals surface area contributed by atoms with Crippen LogP contribution in [0, 0.1) is 0 Å². The lowest BCUT2D eigenvalue weighted by molar-refractivity contribution is -0.133. The van der Waals surface area contributed by atoms with Crippen LogP contribution in [0.1, 0.15) is 12.5 Å². The fourth-order valence-corrected chi connectivity index (χ4v) is 3.24. The lowest BCUT2D eigenvalue weighted by atomic mass is 10.1. The molecule has 0 bridgehead atoms. The summed E-state index contributed by atoms with van der Waals surface area (Å²) in [6.45, 7) is 5.18. The number of piperazine rings is 1. The van der Waals surface area contributed by atoms with E-state index in [0.717, 1.165) is 41.5 Å². The predicted octanol–water partition coefficient (Wildman–Crippen LogP) is 3.63. The molecule has 132 valence electrons. The van der Waals surface area contributed by atoms with Crippen LogP contribution in [0.5, 0.6) is 5.75 Å². The average molecular weight is 359 g/mol. The average Bonchev–Trinajstić information content (AvgIpc) is 2.66. The van der Waals surface area contributed by atoms with Gasteiger partial charge in [-0.25, -0.2) is 0 Å². The third-order valence-corrected chi connectivity index (χ3v) is 4.75. The molecule has 1 aliphatic rings. The molecule has 5 heteroatoms. The van der Waals surface area contributed by atoms with Gasteiger partial charge in [0.15, 0.2) is 6.61 Å². The molecule has 0 radical (unpaired) electrons. The Hall–Kier alpha value is -2.20. The monoisotopic (exact) mass is 358 g/mol. The molecule has 0 unspecified atom stereocenters. The Bertz CT molecular complexity index is 727. The number of hydrogen-bond donors (Lipinski definition) is 0. The molecular weight excluding hydrogens is 336 g/mol. The highest BCUT2D eigenvalue weighted by Gasteiger charge is 2.21. The molecule has 0 atom stereocenters. The summed E-state index contributed by atoms with van der Waals surface area (Å²) in [7, 11) is 0. The zero-order chi connectivity index (χ0) is 17.6. The summed E-state index contributed by atoms with van der Waals surface area (Å²) in [5.74, 6) is 0.840. The summed E-state index contributed by atoms with van der Waals surface area (Å²) < 4.78 is 5.75. The number of carbonyl (C=O) groups excluding carboxylic acids is 1. The molecule has 4 nitrogen and oxygen atoms in total. The fourth-order valence-electron chi connectivity index (χ4n) is 3.05. The quantitative estimate of drug-likeness (QED) is 0.818. The number of nitrogens with zero attached hydrogens (tertiary/aromatic N) is 2. The fraction of sp³-hybridized carbons (Fsp3) is 0.350. The Morgan fingerprint density at radius 1 is 1.08 bits per heavy atom. The summed E-state index contributed by atoms with van der Waals surface area (Å²) in [6, 6.07) is 15.7. The first-order chi connectivity index (χ1) is 12.2. The van der Waals surface area contributed by atoms with Gasteiger partial charge in [0.1, 0.15) is 5.75 Å². The number of carbonyl (C=O) groups is 1. The van der Waals surface area contributed by atoms with E-state index in [9.17, 15) is 4.79 Å². The predicted molar refractivity (Wildman–Crippen MR) is 102 cm³/mol.